The van der Waals surface area contributed by atoms with E-state index in [2.05, 4.69) is 41.5 Å². The summed E-state index contributed by atoms with van der Waals surface area (Å²) in [4.78, 5) is 0. The lowest BCUT2D eigenvalue weighted by atomic mass is 9.98. The smallest absolute Gasteiger partial charge is 0.123 e. The van der Waals surface area contributed by atoms with Crippen molar-refractivity contribution >= 4 is 0 Å². The van der Waals surface area contributed by atoms with Gasteiger partial charge in [0.1, 0.15) is 11.5 Å². The van der Waals surface area contributed by atoms with Gasteiger partial charge in [0.25, 0.3) is 0 Å². The Balaban J connectivity index is 2.39. The van der Waals surface area contributed by atoms with E-state index in [0.29, 0.717) is 18.4 Å². The highest BCUT2D eigenvalue weighted by atomic mass is 16.5. The van der Waals surface area contributed by atoms with E-state index in [1.807, 2.05) is 18.2 Å². The lowest BCUT2D eigenvalue weighted by Gasteiger charge is -2.16. The first kappa shape index (κ1) is 26.8. The molecule has 1 aromatic rings. The summed E-state index contributed by atoms with van der Waals surface area (Å²) in [6, 6.07) is 6.11. The standard InChI is InChI=1S/C27H49NO2/c1-21(2)9-7-11-23(5)13-15-29-26-17-25(20-28)18-27(19-26)30-16-14-24(6)12-8-10-22(3)4/h17-19,21-24H,7-16,20,28H2,1-6H3. The Kier molecular flexibility index (Phi) is 13.9. The lowest BCUT2D eigenvalue weighted by Crippen LogP contribution is -2.07. The van der Waals surface area contributed by atoms with Gasteiger partial charge in [0, 0.05) is 12.6 Å². The number of rotatable bonds is 17. The van der Waals surface area contributed by atoms with Crippen LogP contribution in [-0.2, 0) is 6.54 Å². The van der Waals surface area contributed by atoms with Crippen molar-refractivity contribution < 1.29 is 9.47 Å². The van der Waals surface area contributed by atoms with E-state index >= 15 is 0 Å². The molecule has 2 unspecified atom stereocenters. The summed E-state index contributed by atoms with van der Waals surface area (Å²) >= 11 is 0. The molecule has 0 aromatic heterocycles. The van der Waals surface area contributed by atoms with Crippen LogP contribution >= 0.6 is 0 Å². The average molecular weight is 420 g/mol. The number of hydrogen-bond acceptors (Lipinski definition) is 3. The first-order valence-corrected chi connectivity index (χ1v) is 12.4. The van der Waals surface area contributed by atoms with Crippen LogP contribution in [0.1, 0.15) is 98.5 Å². The first-order chi connectivity index (χ1) is 14.3. The SMILES string of the molecule is CC(C)CCCC(C)CCOc1cc(CN)cc(OCCC(C)CCCC(C)C)c1. The third kappa shape index (κ3) is 13.2. The van der Waals surface area contributed by atoms with Crippen LogP contribution in [-0.4, -0.2) is 13.2 Å². The maximum absolute atomic E-state index is 6.05. The van der Waals surface area contributed by atoms with Crippen LogP contribution in [0.3, 0.4) is 0 Å². The van der Waals surface area contributed by atoms with Crippen molar-refractivity contribution in [3.05, 3.63) is 23.8 Å². The van der Waals surface area contributed by atoms with Crippen molar-refractivity contribution in [1.82, 2.24) is 0 Å². The molecule has 0 amide bonds. The second-order valence-corrected chi connectivity index (χ2v) is 10.2. The normalized spacial score (nSPS) is 13.6. The van der Waals surface area contributed by atoms with Gasteiger partial charge in [-0.3, -0.25) is 0 Å². The summed E-state index contributed by atoms with van der Waals surface area (Å²) in [6.45, 7) is 15.9. The average Bonchev–Trinajstić information content (AvgIpc) is 2.67. The molecule has 0 radical (unpaired) electrons. The molecule has 0 aliphatic carbocycles. The van der Waals surface area contributed by atoms with E-state index in [1.165, 1.54) is 38.5 Å². The van der Waals surface area contributed by atoms with Crippen LogP contribution < -0.4 is 15.2 Å². The fourth-order valence-corrected chi connectivity index (χ4v) is 3.71. The van der Waals surface area contributed by atoms with E-state index in [1.54, 1.807) is 0 Å². The molecule has 0 aliphatic heterocycles. The summed E-state index contributed by atoms with van der Waals surface area (Å²) in [5.74, 6) is 4.77. The van der Waals surface area contributed by atoms with Gasteiger partial charge in [-0.2, -0.15) is 0 Å². The highest BCUT2D eigenvalue weighted by Crippen LogP contribution is 2.25. The Bertz CT molecular complexity index is 512. The van der Waals surface area contributed by atoms with Crippen molar-refractivity contribution in [2.45, 2.75) is 99.5 Å². The van der Waals surface area contributed by atoms with Gasteiger partial charge in [-0.05, 0) is 54.2 Å². The number of hydrogen-bond donors (Lipinski definition) is 1. The lowest BCUT2D eigenvalue weighted by molar-refractivity contribution is 0.263. The van der Waals surface area contributed by atoms with Crippen LogP contribution in [0.2, 0.25) is 0 Å². The van der Waals surface area contributed by atoms with Gasteiger partial charge in [-0.15, -0.1) is 0 Å². The van der Waals surface area contributed by atoms with Crippen molar-refractivity contribution in [2.24, 2.45) is 29.4 Å². The van der Waals surface area contributed by atoms with Gasteiger partial charge in [0.2, 0.25) is 0 Å². The van der Waals surface area contributed by atoms with Gasteiger partial charge >= 0.3 is 0 Å². The van der Waals surface area contributed by atoms with Gasteiger partial charge in [-0.1, -0.05) is 80.1 Å². The fraction of sp³-hybridized carbons (Fsp3) is 0.778. The maximum Gasteiger partial charge on any atom is 0.123 e. The van der Waals surface area contributed by atoms with E-state index in [0.717, 1.165) is 55.0 Å². The number of nitrogens with two attached hydrogens (primary N) is 1. The Hall–Kier alpha value is -1.22. The minimum atomic E-state index is 0.505. The predicted octanol–water partition coefficient (Wildman–Crippen LogP) is 7.61. The molecule has 0 saturated carbocycles. The Morgan fingerprint density at radius 2 is 1.07 bits per heavy atom. The molecule has 30 heavy (non-hydrogen) atoms. The Labute approximate surface area is 187 Å². The zero-order valence-electron chi connectivity index (χ0n) is 20.7. The molecule has 0 bridgehead atoms. The molecular formula is C27H49NO2. The fourth-order valence-electron chi connectivity index (χ4n) is 3.71. The Morgan fingerprint density at radius 3 is 1.43 bits per heavy atom. The molecular weight excluding hydrogens is 370 g/mol. The van der Waals surface area contributed by atoms with Gasteiger partial charge in [-0.25, -0.2) is 0 Å². The first-order valence-electron chi connectivity index (χ1n) is 12.4. The monoisotopic (exact) mass is 419 g/mol. The summed E-state index contributed by atoms with van der Waals surface area (Å²) in [5.41, 5.74) is 6.96. The summed E-state index contributed by atoms with van der Waals surface area (Å²) in [6.07, 6.45) is 10.0. The molecule has 2 N–H and O–H groups in total. The van der Waals surface area contributed by atoms with E-state index in [9.17, 15) is 0 Å². The van der Waals surface area contributed by atoms with Crippen molar-refractivity contribution in [2.75, 3.05) is 13.2 Å². The van der Waals surface area contributed by atoms with Crippen molar-refractivity contribution in [3.8, 4) is 11.5 Å². The quantitative estimate of drug-likeness (QED) is 0.282. The minimum Gasteiger partial charge on any atom is -0.493 e. The van der Waals surface area contributed by atoms with Gasteiger partial charge < -0.3 is 15.2 Å². The molecule has 2 atom stereocenters. The van der Waals surface area contributed by atoms with Crippen molar-refractivity contribution in [3.63, 3.8) is 0 Å². The molecule has 0 aliphatic rings. The molecule has 1 aromatic carbocycles. The van der Waals surface area contributed by atoms with Crippen LogP contribution in [0.4, 0.5) is 0 Å². The number of ether oxygens (including phenoxy) is 2. The third-order valence-corrected chi connectivity index (χ3v) is 5.89. The molecule has 0 saturated heterocycles. The van der Waals surface area contributed by atoms with Crippen LogP contribution in [0.5, 0.6) is 11.5 Å². The van der Waals surface area contributed by atoms with E-state index < -0.39 is 0 Å². The van der Waals surface area contributed by atoms with Gasteiger partial charge in [0.05, 0.1) is 13.2 Å². The van der Waals surface area contributed by atoms with Crippen LogP contribution in [0, 0.1) is 23.7 Å². The van der Waals surface area contributed by atoms with E-state index in [-0.39, 0.29) is 0 Å². The van der Waals surface area contributed by atoms with Gasteiger partial charge in [0.15, 0.2) is 0 Å². The highest BCUT2D eigenvalue weighted by Gasteiger charge is 2.08. The predicted molar refractivity (Wildman–Crippen MR) is 130 cm³/mol. The second-order valence-electron chi connectivity index (χ2n) is 10.2. The molecule has 1 rings (SSSR count). The Morgan fingerprint density at radius 1 is 0.633 bits per heavy atom. The topological polar surface area (TPSA) is 44.5 Å². The van der Waals surface area contributed by atoms with Crippen molar-refractivity contribution in [1.29, 1.82) is 0 Å². The molecule has 3 heteroatoms. The summed E-state index contributed by atoms with van der Waals surface area (Å²) in [5, 5.41) is 0. The molecule has 0 spiro atoms. The third-order valence-electron chi connectivity index (χ3n) is 5.89. The molecule has 0 fully saturated rings. The highest BCUT2D eigenvalue weighted by molar-refractivity contribution is 5.38. The molecule has 0 heterocycles. The minimum absolute atomic E-state index is 0.505. The van der Waals surface area contributed by atoms with Crippen LogP contribution in [0.25, 0.3) is 0 Å². The van der Waals surface area contributed by atoms with E-state index in [4.69, 9.17) is 15.2 Å². The van der Waals surface area contributed by atoms with Crippen LogP contribution in [0.15, 0.2) is 18.2 Å². The molecule has 174 valence electrons. The summed E-state index contributed by atoms with van der Waals surface area (Å²) in [7, 11) is 0. The largest absolute Gasteiger partial charge is 0.493 e. The zero-order chi connectivity index (χ0) is 22.4. The second kappa shape index (κ2) is 15.6. The molecule has 3 nitrogen and oxygen atoms in total. The number of benzene rings is 1. The maximum atomic E-state index is 6.05. The zero-order valence-corrected chi connectivity index (χ0v) is 20.7. The summed E-state index contributed by atoms with van der Waals surface area (Å²) < 4.78 is 12.1.